The molecule has 1 aromatic carbocycles. The van der Waals surface area contributed by atoms with E-state index in [1.807, 2.05) is 12.1 Å². The highest BCUT2D eigenvalue weighted by atomic mass is 127. The normalized spacial score (nSPS) is 20.7. The van der Waals surface area contributed by atoms with Gasteiger partial charge in [-0.1, -0.05) is 11.6 Å². The van der Waals surface area contributed by atoms with E-state index in [2.05, 4.69) is 27.9 Å². The maximum Gasteiger partial charge on any atom is 0.0841 e. The van der Waals surface area contributed by atoms with E-state index in [9.17, 15) is 5.11 Å². The van der Waals surface area contributed by atoms with Crippen LogP contribution in [0.2, 0.25) is 5.02 Å². The third kappa shape index (κ3) is 1.65. The number of benzene rings is 1. The van der Waals surface area contributed by atoms with E-state index >= 15 is 0 Å². The van der Waals surface area contributed by atoms with Crippen LogP contribution in [0.25, 0.3) is 0 Å². The standard InChI is InChI=1S/C9H9ClINO/c10-9-5(11)1-2-6-8(9)7(13)3-4-12-6/h1-2,7,12-13H,3-4H2. The van der Waals surface area contributed by atoms with E-state index in [4.69, 9.17) is 11.6 Å². The molecular formula is C9H9ClINO. The van der Waals surface area contributed by atoms with E-state index in [0.717, 1.165) is 27.8 Å². The topological polar surface area (TPSA) is 32.3 Å². The molecule has 2 N–H and O–H groups in total. The maximum atomic E-state index is 9.74. The number of fused-ring (bicyclic) bond motifs is 1. The number of hydrogen-bond acceptors (Lipinski definition) is 2. The molecule has 1 atom stereocenters. The summed E-state index contributed by atoms with van der Waals surface area (Å²) in [5.41, 5.74) is 1.81. The average molecular weight is 310 g/mol. The van der Waals surface area contributed by atoms with Crippen LogP contribution in [0.5, 0.6) is 0 Å². The van der Waals surface area contributed by atoms with Crippen molar-refractivity contribution in [2.24, 2.45) is 0 Å². The number of anilines is 1. The van der Waals surface area contributed by atoms with Gasteiger partial charge in [-0.25, -0.2) is 0 Å². The molecule has 0 aromatic heterocycles. The molecule has 0 bridgehead atoms. The van der Waals surface area contributed by atoms with Gasteiger partial charge in [-0.2, -0.15) is 0 Å². The quantitative estimate of drug-likeness (QED) is 0.722. The Morgan fingerprint density at radius 3 is 3.08 bits per heavy atom. The first-order valence-corrected chi connectivity index (χ1v) is 5.55. The molecule has 0 saturated heterocycles. The van der Waals surface area contributed by atoms with Crippen molar-refractivity contribution in [2.45, 2.75) is 12.5 Å². The van der Waals surface area contributed by atoms with Crippen molar-refractivity contribution >= 4 is 39.9 Å². The summed E-state index contributed by atoms with van der Waals surface area (Å²) in [6, 6.07) is 3.91. The van der Waals surface area contributed by atoms with Gasteiger partial charge in [0.05, 0.1) is 11.1 Å². The zero-order valence-electron chi connectivity index (χ0n) is 6.85. The van der Waals surface area contributed by atoms with Gasteiger partial charge < -0.3 is 10.4 Å². The summed E-state index contributed by atoms with van der Waals surface area (Å²) in [6.07, 6.45) is 0.311. The SMILES string of the molecule is OC1CCNc2ccc(I)c(Cl)c21. The summed E-state index contributed by atoms with van der Waals surface area (Å²) in [6.45, 7) is 0.811. The summed E-state index contributed by atoms with van der Waals surface area (Å²) < 4.78 is 0.987. The van der Waals surface area contributed by atoms with Gasteiger partial charge in [-0.3, -0.25) is 0 Å². The molecule has 2 rings (SSSR count). The molecule has 1 aliphatic heterocycles. The molecule has 1 aliphatic rings. The van der Waals surface area contributed by atoms with Gasteiger partial charge in [0.15, 0.2) is 0 Å². The molecular weight excluding hydrogens is 300 g/mol. The van der Waals surface area contributed by atoms with Gasteiger partial charge in [0, 0.05) is 21.4 Å². The second-order valence-corrected chi connectivity index (χ2v) is 4.59. The predicted molar refractivity (Wildman–Crippen MR) is 62.2 cm³/mol. The molecule has 0 spiro atoms. The zero-order valence-corrected chi connectivity index (χ0v) is 9.76. The third-order valence-corrected chi connectivity index (χ3v) is 3.82. The molecule has 1 unspecified atom stereocenters. The van der Waals surface area contributed by atoms with Gasteiger partial charge in [-0.15, -0.1) is 0 Å². The van der Waals surface area contributed by atoms with Crippen LogP contribution in [0, 0.1) is 3.57 Å². The van der Waals surface area contributed by atoms with E-state index < -0.39 is 6.10 Å². The van der Waals surface area contributed by atoms with Gasteiger partial charge in [0.25, 0.3) is 0 Å². The number of hydrogen-bond donors (Lipinski definition) is 2. The maximum absolute atomic E-state index is 9.74. The fourth-order valence-electron chi connectivity index (χ4n) is 1.53. The van der Waals surface area contributed by atoms with Crippen LogP contribution in [-0.4, -0.2) is 11.7 Å². The van der Waals surface area contributed by atoms with E-state index in [-0.39, 0.29) is 0 Å². The molecule has 0 amide bonds. The van der Waals surface area contributed by atoms with E-state index in [1.165, 1.54) is 0 Å². The molecule has 0 saturated carbocycles. The number of halogens is 2. The highest BCUT2D eigenvalue weighted by Gasteiger charge is 2.21. The van der Waals surface area contributed by atoms with Crippen molar-refractivity contribution in [1.82, 2.24) is 0 Å². The van der Waals surface area contributed by atoms with Crippen LogP contribution in [0.3, 0.4) is 0 Å². The largest absolute Gasteiger partial charge is 0.388 e. The Hall–Kier alpha value is -0.0000000000000000555. The predicted octanol–water partition coefficient (Wildman–Crippen LogP) is 2.79. The van der Waals surface area contributed by atoms with Gasteiger partial charge in [0.1, 0.15) is 0 Å². The van der Waals surface area contributed by atoms with Crippen LogP contribution in [-0.2, 0) is 0 Å². The Bertz CT molecular complexity index is 343. The minimum atomic E-state index is -0.418. The summed E-state index contributed by atoms with van der Waals surface area (Å²) >= 11 is 8.27. The second kappa shape index (κ2) is 3.63. The Morgan fingerprint density at radius 2 is 2.31 bits per heavy atom. The summed E-state index contributed by atoms with van der Waals surface area (Å²) in [5, 5.41) is 13.6. The minimum Gasteiger partial charge on any atom is -0.388 e. The lowest BCUT2D eigenvalue weighted by Crippen LogP contribution is -2.17. The van der Waals surface area contributed by atoms with Crippen molar-refractivity contribution in [3.63, 3.8) is 0 Å². The van der Waals surface area contributed by atoms with Gasteiger partial charge >= 0.3 is 0 Å². The molecule has 4 heteroatoms. The van der Waals surface area contributed by atoms with E-state index in [0.29, 0.717) is 5.02 Å². The number of aliphatic hydroxyl groups excluding tert-OH is 1. The second-order valence-electron chi connectivity index (χ2n) is 3.05. The number of aliphatic hydroxyl groups is 1. The number of nitrogens with one attached hydrogen (secondary N) is 1. The van der Waals surface area contributed by atoms with Crippen LogP contribution in [0.1, 0.15) is 18.1 Å². The van der Waals surface area contributed by atoms with Crippen molar-refractivity contribution in [1.29, 1.82) is 0 Å². The van der Waals surface area contributed by atoms with Gasteiger partial charge in [-0.05, 0) is 41.1 Å². The Kier molecular flexibility index (Phi) is 2.67. The lowest BCUT2D eigenvalue weighted by Gasteiger charge is -2.24. The number of rotatable bonds is 0. The van der Waals surface area contributed by atoms with Crippen LogP contribution in [0.4, 0.5) is 5.69 Å². The fraction of sp³-hybridized carbons (Fsp3) is 0.333. The lowest BCUT2D eigenvalue weighted by atomic mass is 10.0. The van der Waals surface area contributed by atoms with Crippen molar-refractivity contribution < 1.29 is 5.11 Å². The van der Waals surface area contributed by atoms with Crippen molar-refractivity contribution in [3.05, 3.63) is 26.3 Å². The van der Waals surface area contributed by atoms with Crippen LogP contribution < -0.4 is 5.32 Å². The van der Waals surface area contributed by atoms with Crippen molar-refractivity contribution in [2.75, 3.05) is 11.9 Å². The fourth-order valence-corrected chi connectivity index (χ4v) is 2.30. The molecule has 2 nitrogen and oxygen atoms in total. The molecule has 0 radical (unpaired) electrons. The zero-order chi connectivity index (χ0) is 9.42. The molecule has 1 aromatic rings. The summed E-state index contributed by atoms with van der Waals surface area (Å²) in [4.78, 5) is 0. The van der Waals surface area contributed by atoms with E-state index in [1.54, 1.807) is 0 Å². The van der Waals surface area contributed by atoms with Crippen molar-refractivity contribution in [3.8, 4) is 0 Å². The Balaban J connectivity index is 2.58. The molecule has 1 heterocycles. The lowest BCUT2D eigenvalue weighted by molar-refractivity contribution is 0.168. The minimum absolute atomic E-state index is 0.418. The average Bonchev–Trinajstić information content (AvgIpc) is 2.12. The first-order chi connectivity index (χ1) is 6.20. The first-order valence-electron chi connectivity index (χ1n) is 4.10. The highest BCUT2D eigenvalue weighted by Crippen LogP contribution is 2.37. The summed E-state index contributed by atoms with van der Waals surface area (Å²) in [5.74, 6) is 0. The highest BCUT2D eigenvalue weighted by molar-refractivity contribution is 14.1. The Morgan fingerprint density at radius 1 is 1.54 bits per heavy atom. The van der Waals surface area contributed by atoms with Crippen LogP contribution >= 0.6 is 34.2 Å². The monoisotopic (exact) mass is 309 g/mol. The van der Waals surface area contributed by atoms with Gasteiger partial charge in [0.2, 0.25) is 0 Å². The summed E-state index contributed by atoms with van der Waals surface area (Å²) in [7, 11) is 0. The first kappa shape index (κ1) is 9.55. The molecule has 0 aliphatic carbocycles. The smallest absolute Gasteiger partial charge is 0.0841 e. The third-order valence-electron chi connectivity index (χ3n) is 2.20. The molecule has 13 heavy (non-hydrogen) atoms. The Labute approximate surface area is 95.4 Å². The molecule has 70 valence electrons. The molecule has 0 fully saturated rings. The van der Waals surface area contributed by atoms with Crippen LogP contribution in [0.15, 0.2) is 12.1 Å².